The van der Waals surface area contributed by atoms with Crippen LogP contribution in [0.5, 0.6) is 11.5 Å². The fraction of sp³-hybridized carbons (Fsp3) is 0.321. The smallest absolute Gasteiger partial charge is 0.334 e. The van der Waals surface area contributed by atoms with E-state index in [1.165, 1.54) is 0 Å². The molecule has 0 spiro atoms. The van der Waals surface area contributed by atoms with Gasteiger partial charge in [0.1, 0.15) is 23.2 Å². The minimum atomic E-state index is -1.57. The fourth-order valence-corrected chi connectivity index (χ4v) is 4.01. The summed E-state index contributed by atoms with van der Waals surface area (Å²) >= 11 is 0. The van der Waals surface area contributed by atoms with E-state index < -0.39 is 36.3 Å². The van der Waals surface area contributed by atoms with E-state index in [-0.39, 0.29) is 6.61 Å². The summed E-state index contributed by atoms with van der Waals surface area (Å²) in [4.78, 5) is 11.5. The molecule has 0 fully saturated rings. The van der Waals surface area contributed by atoms with Crippen LogP contribution in [-0.4, -0.2) is 67.5 Å². The van der Waals surface area contributed by atoms with Crippen LogP contribution < -0.4 is 9.47 Å². The zero-order valence-electron chi connectivity index (χ0n) is 20.5. The number of hydrogen-bond acceptors (Lipinski definition) is 8. The maximum Gasteiger partial charge on any atom is 0.334 e. The molecule has 0 heterocycles. The van der Waals surface area contributed by atoms with Gasteiger partial charge >= 0.3 is 5.97 Å². The summed E-state index contributed by atoms with van der Waals surface area (Å²) in [5, 5.41) is 31.0. The van der Waals surface area contributed by atoms with E-state index in [0.29, 0.717) is 11.5 Å². The molecule has 0 bridgehead atoms. The normalized spacial score (nSPS) is 13.9. The number of ether oxygens (including phenoxy) is 4. The number of rotatable bonds is 12. The summed E-state index contributed by atoms with van der Waals surface area (Å²) < 4.78 is 21.6. The largest absolute Gasteiger partial charge is 0.497 e. The first-order valence-corrected chi connectivity index (χ1v) is 11.5. The van der Waals surface area contributed by atoms with Gasteiger partial charge in [-0.2, -0.15) is 0 Å². The van der Waals surface area contributed by atoms with Crippen molar-refractivity contribution in [3.05, 3.63) is 95.6 Å². The van der Waals surface area contributed by atoms with Gasteiger partial charge in [0.05, 0.1) is 34.0 Å². The second-order valence-electron chi connectivity index (χ2n) is 8.22. The molecule has 192 valence electrons. The molecule has 0 amide bonds. The molecular formula is C28H32O8. The molecule has 0 saturated carbocycles. The van der Waals surface area contributed by atoms with Gasteiger partial charge in [0.25, 0.3) is 0 Å². The van der Waals surface area contributed by atoms with Gasteiger partial charge < -0.3 is 34.3 Å². The second-order valence-corrected chi connectivity index (χ2v) is 8.22. The Bertz CT molecular complexity index is 1040. The Morgan fingerprint density at radius 2 is 1.19 bits per heavy atom. The average Bonchev–Trinajstić information content (AvgIpc) is 2.93. The van der Waals surface area contributed by atoms with Crippen molar-refractivity contribution in [1.29, 1.82) is 0 Å². The van der Waals surface area contributed by atoms with Crippen molar-refractivity contribution in [3.63, 3.8) is 0 Å². The summed E-state index contributed by atoms with van der Waals surface area (Å²) in [5.41, 5.74) is 1.13. The molecular weight excluding hydrogens is 464 g/mol. The third-order valence-corrected chi connectivity index (χ3v) is 6.03. The molecule has 3 aromatic carbocycles. The van der Waals surface area contributed by atoms with Gasteiger partial charge in [0.2, 0.25) is 0 Å². The zero-order valence-corrected chi connectivity index (χ0v) is 20.5. The minimum Gasteiger partial charge on any atom is -0.497 e. The second kappa shape index (κ2) is 12.5. The average molecular weight is 497 g/mol. The number of methoxy groups -OCH3 is 3. The van der Waals surface area contributed by atoms with Crippen molar-refractivity contribution in [2.45, 2.75) is 30.3 Å². The molecule has 3 rings (SSSR count). The number of aliphatic hydroxyl groups excluding tert-OH is 3. The summed E-state index contributed by atoms with van der Waals surface area (Å²) in [6.45, 7) is -0.304. The Morgan fingerprint density at radius 1 is 0.722 bits per heavy atom. The van der Waals surface area contributed by atoms with Crippen molar-refractivity contribution < 1.29 is 39.1 Å². The minimum absolute atomic E-state index is 0.304. The van der Waals surface area contributed by atoms with E-state index in [4.69, 9.17) is 14.2 Å². The zero-order chi connectivity index (χ0) is 26.1. The molecule has 0 aliphatic rings. The van der Waals surface area contributed by atoms with E-state index >= 15 is 0 Å². The SMILES string of the molecule is COC(=O)[C@H](O)C[C@H](O)[C@H](O)COC(c1ccccc1)(c1ccc(OC)cc1)c1ccc(OC)cc1. The first-order chi connectivity index (χ1) is 17.3. The van der Waals surface area contributed by atoms with Crippen LogP contribution in [0.25, 0.3) is 0 Å². The van der Waals surface area contributed by atoms with Gasteiger partial charge in [-0.05, 0) is 41.0 Å². The highest BCUT2D eigenvalue weighted by molar-refractivity contribution is 5.74. The summed E-state index contributed by atoms with van der Waals surface area (Å²) in [6.07, 6.45) is -4.80. The third-order valence-electron chi connectivity index (χ3n) is 6.03. The highest BCUT2D eigenvalue weighted by Gasteiger charge is 2.39. The van der Waals surface area contributed by atoms with Crippen LogP contribution in [0.3, 0.4) is 0 Å². The fourth-order valence-electron chi connectivity index (χ4n) is 4.01. The van der Waals surface area contributed by atoms with Crippen molar-refractivity contribution in [2.24, 2.45) is 0 Å². The Hall–Kier alpha value is -3.43. The van der Waals surface area contributed by atoms with Gasteiger partial charge in [0, 0.05) is 6.42 Å². The Balaban J connectivity index is 2.04. The van der Waals surface area contributed by atoms with E-state index in [2.05, 4.69) is 4.74 Å². The Kier molecular flexibility index (Phi) is 9.44. The van der Waals surface area contributed by atoms with Gasteiger partial charge in [-0.25, -0.2) is 4.79 Å². The lowest BCUT2D eigenvalue weighted by Gasteiger charge is -2.37. The number of benzene rings is 3. The predicted molar refractivity (Wildman–Crippen MR) is 133 cm³/mol. The molecule has 0 aliphatic heterocycles. The quantitative estimate of drug-likeness (QED) is 0.259. The van der Waals surface area contributed by atoms with Gasteiger partial charge in [-0.3, -0.25) is 0 Å². The van der Waals surface area contributed by atoms with Gasteiger partial charge in [0.15, 0.2) is 6.10 Å². The highest BCUT2D eigenvalue weighted by Crippen LogP contribution is 2.41. The predicted octanol–water partition coefficient (Wildman–Crippen LogP) is 2.66. The van der Waals surface area contributed by atoms with Crippen LogP contribution >= 0.6 is 0 Å². The molecule has 0 saturated heterocycles. The van der Waals surface area contributed by atoms with Crippen LogP contribution in [0.4, 0.5) is 0 Å². The topological polar surface area (TPSA) is 115 Å². The molecule has 0 unspecified atom stereocenters. The molecule has 0 aromatic heterocycles. The molecule has 3 N–H and O–H groups in total. The van der Waals surface area contributed by atoms with E-state index in [0.717, 1.165) is 23.8 Å². The standard InChI is InChI=1S/C28H32O8/c1-33-22-13-9-20(10-14-22)28(19-7-5-4-6-8-19,21-11-15-23(34-2)16-12-21)36-18-26(31)24(29)17-25(30)27(32)35-3/h4-16,24-26,29-31H,17-18H2,1-3H3/t24-,25+,26+/m0/s1. The number of aliphatic hydroxyl groups is 3. The first kappa shape index (κ1) is 27.2. The summed E-state index contributed by atoms with van der Waals surface area (Å²) in [5.74, 6) is 0.447. The van der Waals surface area contributed by atoms with Crippen LogP contribution in [0.1, 0.15) is 23.1 Å². The van der Waals surface area contributed by atoms with E-state index in [1.807, 2.05) is 78.9 Å². The van der Waals surface area contributed by atoms with Crippen LogP contribution in [0.15, 0.2) is 78.9 Å². The van der Waals surface area contributed by atoms with E-state index in [1.54, 1.807) is 14.2 Å². The summed E-state index contributed by atoms with van der Waals surface area (Å²) in [7, 11) is 4.30. The lowest BCUT2D eigenvalue weighted by Crippen LogP contribution is -2.41. The van der Waals surface area contributed by atoms with Crippen molar-refractivity contribution in [2.75, 3.05) is 27.9 Å². The molecule has 8 nitrogen and oxygen atoms in total. The van der Waals surface area contributed by atoms with Gasteiger partial charge in [-0.1, -0.05) is 54.6 Å². The monoisotopic (exact) mass is 496 g/mol. The number of carbonyl (C=O) groups is 1. The van der Waals surface area contributed by atoms with Crippen molar-refractivity contribution in [3.8, 4) is 11.5 Å². The van der Waals surface area contributed by atoms with Crippen molar-refractivity contribution in [1.82, 2.24) is 0 Å². The van der Waals surface area contributed by atoms with Crippen molar-refractivity contribution >= 4 is 5.97 Å². The molecule has 3 aromatic rings. The number of carbonyl (C=O) groups excluding carboxylic acids is 1. The van der Waals surface area contributed by atoms with Gasteiger partial charge in [-0.15, -0.1) is 0 Å². The Morgan fingerprint density at radius 3 is 1.64 bits per heavy atom. The number of hydrogen-bond donors (Lipinski definition) is 3. The lowest BCUT2D eigenvalue weighted by atomic mass is 9.80. The van der Waals surface area contributed by atoms with Crippen LogP contribution in [0.2, 0.25) is 0 Å². The summed E-state index contributed by atoms with van der Waals surface area (Å²) in [6, 6.07) is 24.3. The molecule has 3 atom stereocenters. The maximum absolute atomic E-state index is 11.5. The van der Waals surface area contributed by atoms with E-state index in [9.17, 15) is 20.1 Å². The first-order valence-electron chi connectivity index (χ1n) is 11.5. The van der Waals surface area contributed by atoms with Crippen LogP contribution in [0, 0.1) is 0 Å². The molecule has 0 aliphatic carbocycles. The third kappa shape index (κ3) is 6.03. The molecule has 8 heteroatoms. The molecule has 0 radical (unpaired) electrons. The highest BCUT2D eigenvalue weighted by atomic mass is 16.5. The Labute approximate surface area is 210 Å². The number of esters is 1. The van der Waals surface area contributed by atoms with Crippen LogP contribution in [-0.2, 0) is 19.9 Å². The molecule has 36 heavy (non-hydrogen) atoms. The lowest BCUT2D eigenvalue weighted by molar-refractivity contribution is -0.154. The maximum atomic E-state index is 11.5.